The predicted molar refractivity (Wildman–Crippen MR) is 70.5 cm³/mol. The molecule has 0 heterocycles. The first-order chi connectivity index (χ1) is 9.61. The molecule has 0 radical (unpaired) electrons. The van der Waals surface area contributed by atoms with E-state index in [0.29, 0.717) is 0 Å². The Morgan fingerprint density at radius 1 is 1.15 bits per heavy atom. The number of rotatable bonds is 4. The van der Waals surface area contributed by atoms with Gasteiger partial charge in [-0.2, -0.15) is 0 Å². The maximum Gasteiger partial charge on any atom is 0.310 e. The standard InChI is InChI=1S/C15H18O5/c1-19-14(17)12-7-11(16)8-13(12)15(18)20-9-10-5-3-2-4-6-10/h2-6,11-13,16H,7-9H2,1H3/t11-,12+,13+/m1/s1. The lowest BCUT2D eigenvalue weighted by Crippen LogP contribution is -2.27. The van der Waals surface area contributed by atoms with E-state index in [0.717, 1.165) is 5.56 Å². The van der Waals surface area contributed by atoms with Gasteiger partial charge in [0, 0.05) is 0 Å². The summed E-state index contributed by atoms with van der Waals surface area (Å²) < 4.78 is 9.90. The van der Waals surface area contributed by atoms with Gasteiger partial charge in [0.25, 0.3) is 0 Å². The lowest BCUT2D eigenvalue weighted by atomic mass is 9.96. The molecule has 5 heteroatoms. The van der Waals surface area contributed by atoms with Gasteiger partial charge in [0.1, 0.15) is 6.61 Å². The van der Waals surface area contributed by atoms with E-state index in [9.17, 15) is 14.7 Å². The first kappa shape index (κ1) is 14.5. The van der Waals surface area contributed by atoms with E-state index >= 15 is 0 Å². The number of aliphatic hydroxyl groups excluding tert-OH is 1. The second kappa shape index (κ2) is 6.52. The second-order valence-electron chi connectivity index (χ2n) is 4.95. The van der Waals surface area contributed by atoms with E-state index in [1.807, 2.05) is 30.3 Å². The molecule has 5 nitrogen and oxygen atoms in total. The third-order valence-electron chi connectivity index (χ3n) is 3.57. The SMILES string of the molecule is COC(=O)[C@H]1C[C@@H](O)C[C@@H]1C(=O)OCc1ccccc1. The van der Waals surface area contributed by atoms with Crippen LogP contribution in [0.1, 0.15) is 18.4 Å². The van der Waals surface area contributed by atoms with E-state index in [2.05, 4.69) is 4.74 Å². The van der Waals surface area contributed by atoms with Crippen molar-refractivity contribution < 1.29 is 24.2 Å². The Bertz CT molecular complexity index is 470. The number of benzene rings is 1. The summed E-state index contributed by atoms with van der Waals surface area (Å²) in [5.41, 5.74) is 0.883. The molecular formula is C15H18O5. The van der Waals surface area contributed by atoms with Gasteiger partial charge in [-0.1, -0.05) is 30.3 Å². The highest BCUT2D eigenvalue weighted by Crippen LogP contribution is 2.34. The minimum absolute atomic E-state index is 0.167. The van der Waals surface area contributed by atoms with Gasteiger partial charge < -0.3 is 14.6 Å². The highest BCUT2D eigenvalue weighted by atomic mass is 16.5. The molecule has 0 amide bonds. The van der Waals surface area contributed by atoms with Crippen molar-refractivity contribution in [3.63, 3.8) is 0 Å². The molecule has 20 heavy (non-hydrogen) atoms. The largest absolute Gasteiger partial charge is 0.469 e. The van der Waals surface area contributed by atoms with Crippen molar-refractivity contribution in [2.45, 2.75) is 25.6 Å². The van der Waals surface area contributed by atoms with Crippen LogP contribution in [0.15, 0.2) is 30.3 Å². The van der Waals surface area contributed by atoms with Crippen LogP contribution in [0.5, 0.6) is 0 Å². The summed E-state index contributed by atoms with van der Waals surface area (Å²) in [4.78, 5) is 23.7. The summed E-state index contributed by atoms with van der Waals surface area (Å²) in [6, 6.07) is 9.31. The summed E-state index contributed by atoms with van der Waals surface area (Å²) >= 11 is 0. The van der Waals surface area contributed by atoms with E-state index in [4.69, 9.17) is 4.74 Å². The molecule has 1 fully saturated rings. The van der Waals surface area contributed by atoms with Gasteiger partial charge in [-0.15, -0.1) is 0 Å². The molecule has 1 saturated carbocycles. The van der Waals surface area contributed by atoms with Gasteiger partial charge >= 0.3 is 11.9 Å². The monoisotopic (exact) mass is 278 g/mol. The molecular weight excluding hydrogens is 260 g/mol. The Morgan fingerprint density at radius 2 is 1.75 bits per heavy atom. The molecule has 0 aromatic heterocycles. The minimum Gasteiger partial charge on any atom is -0.469 e. The average Bonchev–Trinajstić information content (AvgIpc) is 2.87. The smallest absolute Gasteiger partial charge is 0.310 e. The fraction of sp³-hybridized carbons (Fsp3) is 0.467. The number of carbonyl (C=O) groups excluding carboxylic acids is 2. The van der Waals surface area contributed by atoms with Crippen LogP contribution in [0.25, 0.3) is 0 Å². The Morgan fingerprint density at radius 3 is 2.35 bits per heavy atom. The molecule has 0 bridgehead atoms. The minimum atomic E-state index is -0.659. The van der Waals surface area contributed by atoms with E-state index < -0.39 is 29.9 Å². The summed E-state index contributed by atoms with van der Waals surface area (Å²) in [7, 11) is 1.28. The van der Waals surface area contributed by atoms with Crippen molar-refractivity contribution in [2.75, 3.05) is 7.11 Å². The normalized spacial score (nSPS) is 25.2. The molecule has 3 atom stereocenters. The molecule has 1 aromatic carbocycles. The van der Waals surface area contributed by atoms with Crippen molar-refractivity contribution in [3.05, 3.63) is 35.9 Å². The van der Waals surface area contributed by atoms with E-state index in [1.54, 1.807) is 0 Å². The Labute approximate surface area is 117 Å². The lowest BCUT2D eigenvalue weighted by Gasteiger charge is -2.15. The molecule has 1 N–H and O–H groups in total. The zero-order chi connectivity index (χ0) is 14.5. The number of hydrogen-bond acceptors (Lipinski definition) is 5. The van der Waals surface area contributed by atoms with Crippen molar-refractivity contribution in [3.8, 4) is 0 Å². The van der Waals surface area contributed by atoms with Crippen LogP contribution < -0.4 is 0 Å². The highest BCUT2D eigenvalue weighted by molar-refractivity contribution is 5.82. The van der Waals surface area contributed by atoms with Crippen LogP contribution in [0.4, 0.5) is 0 Å². The summed E-state index contributed by atoms with van der Waals surface area (Å²) in [5, 5.41) is 9.63. The van der Waals surface area contributed by atoms with Crippen LogP contribution in [0.2, 0.25) is 0 Å². The third kappa shape index (κ3) is 3.36. The van der Waals surface area contributed by atoms with Crippen molar-refractivity contribution in [1.82, 2.24) is 0 Å². The lowest BCUT2D eigenvalue weighted by molar-refractivity contribution is -0.158. The Kier molecular flexibility index (Phi) is 4.74. The average molecular weight is 278 g/mol. The molecule has 0 spiro atoms. The van der Waals surface area contributed by atoms with Crippen LogP contribution in [-0.4, -0.2) is 30.3 Å². The number of aliphatic hydroxyl groups is 1. The van der Waals surface area contributed by atoms with E-state index in [1.165, 1.54) is 7.11 Å². The molecule has 1 aliphatic rings. The fourth-order valence-electron chi connectivity index (χ4n) is 2.52. The van der Waals surface area contributed by atoms with Crippen molar-refractivity contribution in [2.24, 2.45) is 11.8 Å². The first-order valence-electron chi connectivity index (χ1n) is 6.58. The van der Waals surface area contributed by atoms with E-state index in [-0.39, 0.29) is 19.4 Å². The number of hydrogen-bond donors (Lipinski definition) is 1. The summed E-state index contributed by atoms with van der Waals surface area (Å²) in [6.07, 6.45) is -0.168. The molecule has 0 unspecified atom stereocenters. The third-order valence-corrected chi connectivity index (χ3v) is 3.57. The van der Waals surface area contributed by atoms with Gasteiger partial charge in [0.2, 0.25) is 0 Å². The van der Waals surface area contributed by atoms with Gasteiger partial charge in [0.15, 0.2) is 0 Å². The molecule has 0 aliphatic heterocycles. The van der Waals surface area contributed by atoms with Gasteiger partial charge in [-0.25, -0.2) is 0 Å². The maximum atomic E-state index is 12.1. The van der Waals surface area contributed by atoms with Gasteiger partial charge in [-0.05, 0) is 18.4 Å². The molecule has 1 aromatic rings. The molecule has 0 saturated heterocycles. The topological polar surface area (TPSA) is 72.8 Å². The predicted octanol–water partition coefficient (Wildman–Crippen LogP) is 1.29. The Balaban J connectivity index is 1.95. The number of methoxy groups -OCH3 is 1. The first-order valence-corrected chi connectivity index (χ1v) is 6.58. The number of ether oxygens (including phenoxy) is 2. The van der Waals surface area contributed by atoms with Crippen LogP contribution in [-0.2, 0) is 25.7 Å². The van der Waals surface area contributed by atoms with Crippen molar-refractivity contribution in [1.29, 1.82) is 0 Å². The zero-order valence-electron chi connectivity index (χ0n) is 11.3. The van der Waals surface area contributed by atoms with Crippen LogP contribution in [0.3, 0.4) is 0 Å². The Hall–Kier alpha value is -1.88. The van der Waals surface area contributed by atoms with Crippen LogP contribution in [0, 0.1) is 11.8 Å². The molecule has 108 valence electrons. The summed E-state index contributed by atoms with van der Waals surface area (Å²) in [6.45, 7) is 0.167. The fourth-order valence-corrected chi connectivity index (χ4v) is 2.52. The van der Waals surface area contributed by atoms with Crippen LogP contribution >= 0.6 is 0 Å². The summed E-state index contributed by atoms with van der Waals surface area (Å²) in [5.74, 6) is -2.16. The molecule has 1 aliphatic carbocycles. The van der Waals surface area contributed by atoms with Gasteiger partial charge in [-0.3, -0.25) is 9.59 Å². The highest BCUT2D eigenvalue weighted by Gasteiger charge is 2.43. The number of esters is 2. The number of carbonyl (C=O) groups is 2. The zero-order valence-corrected chi connectivity index (χ0v) is 11.3. The maximum absolute atomic E-state index is 12.1. The second-order valence-corrected chi connectivity index (χ2v) is 4.95. The van der Waals surface area contributed by atoms with Crippen molar-refractivity contribution >= 4 is 11.9 Å². The quantitative estimate of drug-likeness (QED) is 0.840. The molecule has 2 rings (SSSR count). The van der Waals surface area contributed by atoms with Gasteiger partial charge in [0.05, 0.1) is 25.0 Å².